The van der Waals surface area contributed by atoms with Gasteiger partial charge in [0.15, 0.2) is 0 Å². The van der Waals surface area contributed by atoms with E-state index in [1.165, 1.54) is 0 Å². The number of morpholine rings is 1. The number of ether oxygens (including phenoxy) is 1. The first-order chi connectivity index (χ1) is 9.06. The smallest absolute Gasteiger partial charge is 0.318 e. The molecule has 0 saturated carbocycles. The number of benzene rings is 1. The minimum atomic E-state index is -0.0253. The molecule has 5 heteroatoms. The van der Waals surface area contributed by atoms with Crippen LogP contribution in [0.4, 0.5) is 4.79 Å². The van der Waals surface area contributed by atoms with E-state index in [1.807, 2.05) is 43.0 Å². The van der Waals surface area contributed by atoms with Crippen LogP contribution in [-0.4, -0.2) is 36.7 Å². The molecule has 1 heterocycles. The zero-order chi connectivity index (χ0) is 13.8. The van der Waals surface area contributed by atoms with E-state index in [4.69, 9.17) is 4.74 Å². The molecule has 2 amide bonds. The van der Waals surface area contributed by atoms with Gasteiger partial charge in [-0.2, -0.15) is 0 Å². The molecule has 0 aliphatic carbocycles. The van der Waals surface area contributed by atoms with Gasteiger partial charge in [-0.25, -0.2) is 4.79 Å². The fraction of sp³-hybridized carbons (Fsp3) is 0.500. The highest BCUT2D eigenvalue weighted by Gasteiger charge is 2.22. The normalized spacial score (nSPS) is 21.0. The fourth-order valence-electron chi connectivity index (χ4n) is 2.14. The van der Waals surface area contributed by atoms with Crippen LogP contribution in [0.3, 0.4) is 0 Å². The van der Waals surface area contributed by atoms with E-state index in [9.17, 15) is 4.79 Å². The van der Waals surface area contributed by atoms with Gasteiger partial charge in [-0.3, -0.25) is 0 Å². The van der Waals surface area contributed by atoms with Gasteiger partial charge in [0, 0.05) is 17.6 Å². The van der Waals surface area contributed by atoms with Crippen molar-refractivity contribution in [1.29, 1.82) is 0 Å². The molecular formula is C14H19BrN2O2. The van der Waals surface area contributed by atoms with Crippen LogP contribution in [0.5, 0.6) is 0 Å². The topological polar surface area (TPSA) is 41.6 Å². The maximum Gasteiger partial charge on any atom is 0.318 e. The van der Waals surface area contributed by atoms with Gasteiger partial charge in [0.2, 0.25) is 0 Å². The first-order valence-electron chi connectivity index (χ1n) is 6.49. The molecule has 0 bridgehead atoms. The number of halogens is 1. The number of carbonyl (C=O) groups excluding carboxylic acids is 1. The molecule has 1 N–H and O–H groups in total. The molecule has 104 valence electrons. The third-order valence-corrected chi connectivity index (χ3v) is 3.71. The highest BCUT2D eigenvalue weighted by atomic mass is 79.9. The lowest BCUT2D eigenvalue weighted by Crippen LogP contribution is -2.49. The maximum atomic E-state index is 12.2. The first kappa shape index (κ1) is 14.3. The molecule has 19 heavy (non-hydrogen) atoms. The summed E-state index contributed by atoms with van der Waals surface area (Å²) in [6.07, 6.45) is 0.112. The standard InChI is InChI=1S/C14H19BrN2O2/c1-10-9-17(6-7-19-10)14(18)16-11(2)12-4-3-5-13(15)8-12/h3-5,8,10-11H,6-7,9H2,1-2H3,(H,16,18)/t10-,11+/m1/s1. The van der Waals surface area contributed by atoms with Crippen LogP contribution in [-0.2, 0) is 4.74 Å². The lowest BCUT2D eigenvalue weighted by molar-refractivity contribution is -0.00380. The van der Waals surface area contributed by atoms with Gasteiger partial charge in [-0.15, -0.1) is 0 Å². The molecule has 0 unspecified atom stereocenters. The van der Waals surface area contributed by atoms with Crippen LogP contribution in [0.2, 0.25) is 0 Å². The number of nitrogens with one attached hydrogen (secondary N) is 1. The average Bonchev–Trinajstić information content (AvgIpc) is 2.38. The van der Waals surface area contributed by atoms with Gasteiger partial charge >= 0.3 is 6.03 Å². The van der Waals surface area contributed by atoms with Crippen molar-refractivity contribution in [3.8, 4) is 0 Å². The zero-order valence-corrected chi connectivity index (χ0v) is 12.8. The molecule has 0 spiro atoms. The molecule has 1 aliphatic heterocycles. The minimum absolute atomic E-state index is 0.0110. The molecule has 2 atom stereocenters. The second-order valence-electron chi connectivity index (χ2n) is 4.85. The van der Waals surface area contributed by atoms with E-state index < -0.39 is 0 Å². The van der Waals surface area contributed by atoms with Crippen LogP contribution >= 0.6 is 15.9 Å². The highest BCUT2D eigenvalue weighted by molar-refractivity contribution is 9.10. The van der Waals surface area contributed by atoms with E-state index in [1.54, 1.807) is 0 Å². The number of nitrogens with zero attached hydrogens (tertiary/aromatic N) is 1. The molecule has 0 radical (unpaired) electrons. The fourth-order valence-corrected chi connectivity index (χ4v) is 2.56. The highest BCUT2D eigenvalue weighted by Crippen LogP contribution is 2.18. The Labute approximate surface area is 122 Å². The Morgan fingerprint density at radius 1 is 1.58 bits per heavy atom. The predicted molar refractivity (Wildman–Crippen MR) is 78.1 cm³/mol. The monoisotopic (exact) mass is 326 g/mol. The van der Waals surface area contributed by atoms with Gasteiger partial charge in [0.1, 0.15) is 0 Å². The quantitative estimate of drug-likeness (QED) is 0.907. The Morgan fingerprint density at radius 2 is 2.37 bits per heavy atom. The summed E-state index contributed by atoms with van der Waals surface area (Å²) in [7, 11) is 0. The van der Waals surface area contributed by atoms with Crippen molar-refractivity contribution in [1.82, 2.24) is 10.2 Å². The summed E-state index contributed by atoms with van der Waals surface area (Å²) >= 11 is 3.44. The van der Waals surface area contributed by atoms with Crippen LogP contribution in [0, 0.1) is 0 Å². The first-order valence-corrected chi connectivity index (χ1v) is 7.28. The Bertz CT molecular complexity index is 453. The number of carbonyl (C=O) groups is 1. The summed E-state index contributed by atoms with van der Waals surface area (Å²) in [6.45, 7) is 5.89. The number of urea groups is 1. The van der Waals surface area contributed by atoms with E-state index in [-0.39, 0.29) is 18.2 Å². The number of rotatable bonds is 2. The van der Waals surface area contributed by atoms with Crippen LogP contribution in [0.25, 0.3) is 0 Å². The lowest BCUT2D eigenvalue weighted by Gasteiger charge is -2.32. The Hall–Kier alpha value is -1.07. The van der Waals surface area contributed by atoms with Crippen LogP contribution in [0.15, 0.2) is 28.7 Å². The van der Waals surface area contributed by atoms with E-state index in [0.717, 1.165) is 10.0 Å². The molecule has 1 aliphatic rings. The summed E-state index contributed by atoms with van der Waals surface area (Å²) in [5.74, 6) is 0. The van der Waals surface area contributed by atoms with Crippen LogP contribution in [0.1, 0.15) is 25.5 Å². The summed E-state index contributed by atoms with van der Waals surface area (Å²) in [4.78, 5) is 14.0. The van der Waals surface area contributed by atoms with E-state index >= 15 is 0 Å². The van der Waals surface area contributed by atoms with Gasteiger partial charge in [-0.1, -0.05) is 28.1 Å². The second-order valence-corrected chi connectivity index (χ2v) is 5.77. The van der Waals surface area contributed by atoms with Crippen molar-refractivity contribution < 1.29 is 9.53 Å². The van der Waals surface area contributed by atoms with Crippen molar-refractivity contribution in [3.63, 3.8) is 0 Å². The average molecular weight is 327 g/mol. The number of hydrogen-bond acceptors (Lipinski definition) is 2. The number of amides is 2. The molecule has 1 fully saturated rings. The Kier molecular flexibility index (Phi) is 4.82. The van der Waals surface area contributed by atoms with Crippen molar-refractivity contribution in [2.75, 3.05) is 19.7 Å². The largest absolute Gasteiger partial charge is 0.375 e. The molecule has 0 aromatic heterocycles. The maximum absolute atomic E-state index is 12.2. The molecule has 1 aromatic rings. The van der Waals surface area contributed by atoms with Crippen molar-refractivity contribution in [3.05, 3.63) is 34.3 Å². The van der Waals surface area contributed by atoms with Crippen LogP contribution < -0.4 is 5.32 Å². The molecule has 2 rings (SSSR count). The van der Waals surface area contributed by atoms with Crippen molar-refractivity contribution in [2.24, 2.45) is 0 Å². The van der Waals surface area contributed by atoms with Gasteiger partial charge in [0.25, 0.3) is 0 Å². The third-order valence-electron chi connectivity index (χ3n) is 3.22. The Balaban J connectivity index is 1.94. The number of hydrogen-bond donors (Lipinski definition) is 1. The SMILES string of the molecule is C[C@@H]1CN(C(=O)N[C@@H](C)c2cccc(Br)c2)CCO1. The molecule has 4 nitrogen and oxygen atoms in total. The van der Waals surface area contributed by atoms with E-state index in [0.29, 0.717) is 19.7 Å². The summed E-state index contributed by atoms with van der Waals surface area (Å²) < 4.78 is 6.46. The summed E-state index contributed by atoms with van der Waals surface area (Å²) in [5.41, 5.74) is 1.09. The Morgan fingerprint density at radius 3 is 3.05 bits per heavy atom. The van der Waals surface area contributed by atoms with Crippen molar-refractivity contribution >= 4 is 22.0 Å². The third kappa shape index (κ3) is 3.94. The van der Waals surface area contributed by atoms with E-state index in [2.05, 4.69) is 21.2 Å². The molecular weight excluding hydrogens is 308 g/mol. The molecule has 1 saturated heterocycles. The zero-order valence-electron chi connectivity index (χ0n) is 11.2. The predicted octanol–water partition coefficient (Wildman–Crippen LogP) is 2.94. The van der Waals surface area contributed by atoms with Crippen molar-refractivity contribution in [2.45, 2.75) is 26.0 Å². The van der Waals surface area contributed by atoms with Gasteiger partial charge in [0.05, 0.1) is 18.8 Å². The minimum Gasteiger partial charge on any atom is -0.375 e. The van der Waals surface area contributed by atoms with Gasteiger partial charge in [-0.05, 0) is 31.5 Å². The molecule has 1 aromatic carbocycles. The second kappa shape index (κ2) is 6.39. The lowest BCUT2D eigenvalue weighted by atomic mass is 10.1. The van der Waals surface area contributed by atoms with Gasteiger partial charge < -0.3 is 15.0 Å². The summed E-state index contributed by atoms with van der Waals surface area (Å²) in [5, 5.41) is 3.02. The summed E-state index contributed by atoms with van der Waals surface area (Å²) in [6, 6.07) is 7.94.